The Morgan fingerprint density at radius 1 is 1.24 bits per heavy atom. The van der Waals surface area contributed by atoms with Crippen LogP contribution in [-0.4, -0.2) is 47.1 Å². The molecule has 1 aromatic rings. The van der Waals surface area contributed by atoms with E-state index in [1.807, 2.05) is 0 Å². The third kappa shape index (κ3) is 4.06. The summed E-state index contributed by atoms with van der Waals surface area (Å²) >= 11 is 0. The fourth-order valence-electron chi connectivity index (χ4n) is 2.69. The number of nitrogens with one attached hydrogen (secondary N) is 1. The van der Waals surface area contributed by atoms with Gasteiger partial charge in [0.15, 0.2) is 0 Å². The molecule has 0 spiro atoms. The Morgan fingerprint density at radius 2 is 1.88 bits per heavy atom. The second kappa shape index (κ2) is 6.69. The zero-order valence-corrected chi connectivity index (χ0v) is 12.9. The topological polar surface area (TPSA) is 86.7 Å². The van der Waals surface area contributed by atoms with Gasteiger partial charge >= 0.3 is 12.1 Å². The third-order valence-corrected chi connectivity index (χ3v) is 3.86. The highest BCUT2D eigenvalue weighted by Gasteiger charge is 2.53. The number of nitrogens with zero attached hydrogens (tertiary/aromatic N) is 1. The van der Waals surface area contributed by atoms with E-state index in [9.17, 15) is 31.9 Å². The lowest BCUT2D eigenvalue weighted by molar-refractivity contribution is -0.187. The van der Waals surface area contributed by atoms with Gasteiger partial charge in [0.2, 0.25) is 5.91 Å². The van der Waals surface area contributed by atoms with Crippen LogP contribution in [0, 0.1) is 17.7 Å². The number of benzene rings is 1. The molecule has 1 aromatic carbocycles. The second-order valence-corrected chi connectivity index (χ2v) is 5.68. The Balaban J connectivity index is 2.29. The molecule has 0 bridgehead atoms. The minimum absolute atomic E-state index is 0.0959. The molecule has 2 rings (SSSR count). The molecule has 1 aliphatic rings. The summed E-state index contributed by atoms with van der Waals surface area (Å²) in [5.74, 6) is -8.25. The number of anilines is 1. The molecule has 1 fully saturated rings. The fraction of sp³-hybridized carbons (Fsp3) is 0.400. The highest BCUT2D eigenvalue weighted by atomic mass is 19.4. The molecule has 10 heteroatoms. The summed E-state index contributed by atoms with van der Waals surface area (Å²) in [6.07, 6.45) is -4.80. The molecule has 6 nitrogen and oxygen atoms in total. The molecule has 2 N–H and O–H groups in total. The number of amides is 2. The van der Waals surface area contributed by atoms with E-state index in [2.05, 4.69) is 5.32 Å². The standard InChI is InChI=1S/C15H14F4N2O4/c1-7(22)20-8-2-3-12(16)9(4-8)13(23)21-5-10(14(24)25)11(6-21)15(17,18)19/h2-4,10-11H,5-6H2,1H3,(H,20,22)(H,24,25)/t10-,11-/m1/s1. The number of hydrogen-bond acceptors (Lipinski definition) is 3. The van der Waals surface area contributed by atoms with E-state index in [4.69, 9.17) is 5.11 Å². The van der Waals surface area contributed by atoms with Crippen molar-refractivity contribution in [2.75, 3.05) is 18.4 Å². The molecular weight excluding hydrogens is 348 g/mol. The van der Waals surface area contributed by atoms with Gasteiger partial charge in [-0.15, -0.1) is 0 Å². The Bertz CT molecular complexity index is 720. The molecule has 0 aliphatic carbocycles. The van der Waals surface area contributed by atoms with E-state index in [1.54, 1.807) is 0 Å². The molecule has 0 radical (unpaired) electrons. The molecule has 2 amide bonds. The average Bonchev–Trinajstić information content (AvgIpc) is 2.93. The Morgan fingerprint density at radius 3 is 2.36 bits per heavy atom. The maximum absolute atomic E-state index is 13.9. The van der Waals surface area contributed by atoms with Crippen LogP contribution in [0.2, 0.25) is 0 Å². The van der Waals surface area contributed by atoms with Crippen LogP contribution in [-0.2, 0) is 9.59 Å². The number of halogens is 4. The summed E-state index contributed by atoms with van der Waals surface area (Å²) in [6.45, 7) is -0.359. The zero-order valence-electron chi connectivity index (χ0n) is 12.9. The summed E-state index contributed by atoms with van der Waals surface area (Å²) in [5.41, 5.74) is -0.447. The predicted octanol–water partition coefficient (Wildman–Crippen LogP) is 2.12. The van der Waals surface area contributed by atoms with Gasteiger partial charge in [0.1, 0.15) is 5.82 Å². The quantitative estimate of drug-likeness (QED) is 0.807. The molecule has 1 aliphatic heterocycles. The van der Waals surface area contributed by atoms with Crippen molar-refractivity contribution in [3.05, 3.63) is 29.6 Å². The highest BCUT2D eigenvalue weighted by Crippen LogP contribution is 2.38. The minimum Gasteiger partial charge on any atom is -0.481 e. The first-order valence-corrected chi connectivity index (χ1v) is 7.16. The van der Waals surface area contributed by atoms with E-state index in [0.29, 0.717) is 4.90 Å². The van der Waals surface area contributed by atoms with Gasteiger partial charge in [-0.3, -0.25) is 14.4 Å². The van der Waals surface area contributed by atoms with Crippen LogP contribution in [0.4, 0.5) is 23.2 Å². The van der Waals surface area contributed by atoms with E-state index >= 15 is 0 Å². The molecule has 0 unspecified atom stereocenters. The molecule has 1 saturated heterocycles. The van der Waals surface area contributed by atoms with Crippen LogP contribution in [0.25, 0.3) is 0 Å². The van der Waals surface area contributed by atoms with Crippen LogP contribution < -0.4 is 5.32 Å². The molecule has 2 atom stereocenters. The summed E-state index contributed by atoms with van der Waals surface area (Å²) in [7, 11) is 0. The highest BCUT2D eigenvalue weighted by molar-refractivity contribution is 5.97. The van der Waals surface area contributed by atoms with E-state index in [1.165, 1.54) is 13.0 Å². The summed E-state index contributed by atoms with van der Waals surface area (Å²) in [5, 5.41) is 11.3. The zero-order chi connectivity index (χ0) is 18.9. The van der Waals surface area contributed by atoms with Crippen molar-refractivity contribution in [3.63, 3.8) is 0 Å². The van der Waals surface area contributed by atoms with Crippen molar-refractivity contribution in [1.29, 1.82) is 0 Å². The Labute approximate surface area is 139 Å². The number of hydrogen-bond donors (Lipinski definition) is 2. The lowest BCUT2D eigenvalue weighted by Gasteiger charge is -2.19. The number of aliphatic carboxylic acids is 1. The van der Waals surface area contributed by atoms with Gasteiger partial charge in [-0.05, 0) is 18.2 Å². The Hall–Kier alpha value is -2.65. The largest absolute Gasteiger partial charge is 0.481 e. The van der Waals surface area contributed by atoms with E-state index in [-0.39, 0.29) is 5.69 Å². The van der Waals surface area contributed by atoms with Gasteiger partial charge in [-0.2, -0.15) is 13.2 Å². The number of carboxylic acids is 1. The lowest BCUT2D eigenvalue weighted by Crippen LogP contribution is -2.34. The third-order valence-electron chi connectivity index (χ3n) is 3.86. The van der Waals surface area contributed by atoms with Crippen LogP contribution >= 0.6 is 0 Å². The number of carbonyl (C=O) groups excluding carboxylic acids is 2. The number of carbonyl (C=O) groups is 3. The number of carboxylic acid groups (broad SMARTS) is 1. The second-order valence-electron chi connectivity index (χ2n) is 5.68. The van der Waals surface area contributed by atoms with Crippen LogP contribution in [0.5, 0.6) is 0 Å². The number of alkyl halides is 3. The first-order chi connectivity index (χ1) is 11.5. The van der Waals surface area contributed by atoms with Crippen molar-refractivity contribution in [2.24, 2.45) is 11.8 Å². The minimum atomic E-state index is -4.80. The SMILES string of the molecule is CC(=O)Nc1ccc(F)c(C(=O)N2C[C@@H](C(F)(F)F)[C@H](C(=O)O)C2)c1. The van der Waals surface area contributed by atoms with Gasteiger partial charge < -0.3 is 15.3 Å². The van der Waals surface area contributed by atoms with Gasteiger partial charge in [0.25, 0.3) is 5.91 Å². The number of likely N-dealkylation sites (tertiary alicyclic amines) is 1. The molecule has 0 aromatic heterocycles. The molecular formula is C15H14F4N2O4. The smallest absolute Gasteiger partial charge is 0.394 e. The van der Waals surface area contributed by atoms with Crippen LogP contribution in [0.1, 0.15) is 17.3 Å². The van der Waals surface area contributed by atoms with E-state index < -0.39 is 60.3 Å². The maximum atomic E-state index is 13.9. The molecule has 0 saturated carbocycles. The van der Waals surface area contributed by atoms with Crippen LogP contribution in [0.3, 0.4) is 0 Å². The lowest BCUT2D eigenvalue weighted by atomic mass is 9.96. The van der Waals surface area contributed by atoms with Crippen molar-refractivity contribution >= 4 is 23.5 Å². The first kappa shape index (κ1) is 18.7. The monoisotopic (exact) mass is 362 g/mol. The van der Waals surface area contributed by atoms with Crippen molar-refractivity contribution in [1.82, 2.24) is 4.90 Å². The number of rotatable bonds is 3. The van der Waals surface area contributed by atoms with Crippen molar-refractivity contribution in [2.45, 2.75) is 13.1 Å². The van der Waals surface area contributed by atoms with Crippen LogP contribution in [0.15, 0.2) is 18.2 Å². The van der Waals surface area contributed by atoms with E-state index in [0.717, 1.165) is 12.1 Å². The molecule has 25 heavy (non-hydrogen) atoms. The van der Waals surface area contributed by atoms with Gasteiger partial charge in [-0.1, -0.05) is 0 Å². The fourth-order valence-corrected chi connectivity index (χ4v) is 2.69. The molecule has 136 valence electrons. The average molecular weight is 362 g/mol. The van der Waals surface area contributed by atoms with Gasteiger partial charge in [-0.25, -0.2) is 4.39 Å². The normalized spacial score (nSPS) is 20.4. The van der Waals surface area contributed by atoms with Gasteiger partial charge in [0.05, 0.1) is 17.4 Å². The summed E-state index contributed by atoms with van der Waals surface area (Å²) in [6, 6.07) is 3.08. The summed E-state index contributed by atoms with van der Waals surface area (Å²) < 4.78 is 52.8. The van der Waals surface area contributed by atoms with Gasteiger partial charge in [0, 0.05) is 25.7 Å². The van der Waals surface area contributed by atoms with Crippen molar-refractivity contribution < 1.29 is 37.1 Å². The summed E-state index contributed by atoms with van der Waals surface area (Å²) in [4.78, 5) is 35.1. The first-order valence-electron chi connectivity index (χ1n) is 7.16. The van der Waals surface area contributed by atoms with Crippen molar-refractivity contribution in [3.8, 4) is 0 Å². The maximum Gasteiger partial charge on any atom is 0.394 e. The Kier molecular flexibility index (Phi) is 5.00. The molecule has 1 heterocycles. The predicted molar refractivity (Wildman–Crippen MR) is 77.3 cm³/mol.